The van der Waals surface area contributed by atoms with Crippen molar-refractivity contribution < 1.29 is 8.94 Å². The first-order chi connectivity index (χ1) is 7.73. The number of benzene rings is 1. The molecule has 0 bridgehead atoms. The van der Waals surface area contributed by atoms with Crippen molar-refractivity contribution in [2.45, 2.75) is 45.4 Å². The summed E-state index contributed by atoms with van der Waals surface area (Å²) in [5, 5.41) is 0. The third-order valence-electron chi connectivity index (χ3n) is 2.53. The van der Waals surface area contributed by atoms with Crippen LogP contribution in [0.3, 0.4) is 0 Å². The van der Waals surface area contributed by atoms with Crippen LogP contribution in [0.1, 0.15) is 44.9 Å². The highest BCUT2D eigenvalue weighted by atomic mass is 32.2. The molecule has 1 N–H and O–H groups in total. The van der Waals surface area contributed by atoms with E-state index in [2.05, 4.69) is 4.72 Å². The molecule has 4 heteroatoms. The van der Waals surface area contributed by atoms with Gasteiger partial charge >= 0.3 is 0 Å². The molecule has 0 saturated carbocycles. The summed E-state index contributed by atoms with van der Waals surface area (Å²) in [6.07, 6.45) is 0. The van der Waals surface area contributed by atoms with E-state index in [-0.39, 0.29) is 16.6 Å². The van der Waals surface area contributed by atoms with Gasteiger partial charge in [-0.3, -0.25) is 0 Å². The molecule has 17 heavy (non-hydrogen) atoms. The minimum absolute atomic E-state index is 0.224. The van der Waals surface area contributed by atoms with E-state index in [0.717, 1.165) is 0 Å². The average molecular weight is 257 g/mol. The van der Waals surface area contributed by atoms with Crippen LogP contribution in [0.4, 0.5) is 4.39 Å². The predicted molar refractivity (Wildman–Crippen MR) is 70.6 cm³/mol. The lowest BCUT2D eigenvalue weighted by Crippen LogP contribution is -2.40. The maximum atomic E-state index is 13.9. The Morgan fingerprint density at radius 1 is 1.35 bits per heavy atom. The van der Waals surface area contributed by atoms with Crippen LogP contribution in [-0.4, -0.2) is 9.30 Å². The first kappa shape index (κ1) is 14.5. The summed E-state index contributed by atoms with van der Waals surface area (Å²) in [5.41, 5.74) is 1.17. The number of hydrogen-bond donors (Lipinski definition) is 1. The minimum atomic E-state index is -1.20. The Morgan fingerprint density at radius 3 is 2.47 bits per heavy atom. The molecular weight excluding hydrogens is 237 g/mol. The molecule has 0 fully saturated rings. The molecule has 0 radical (unpaired) electrons. The topological polar surface area (TPSA) is 35.1 Å². The van der Waals surface area contributed by atoms with Crippen LogP contribution in [0.25, 0.3) is 0 Å². The maximum Gasteiger partial charge on any atom is 0.136 e. The van der Waals surface area contributed by atoms with Gasteiger partial charge in [-0.25, -0.2) is 4.39 Å². The van der Waals surface area contributed by atoms with Crippen molar-refractivity contribution in [1.29, 1.82) is 0 Å². The third-order valence-corrected chi connectivity index (χ3v) is 4.21. The Labute approximate surface area is 106 Å². The van der Waals surface area contributed by atoms with Crippen molar-refractivity contribution in [3.8, 4) is 0 Å². The smallest absolute Gasteiger partial charge is 0.136 e. The fraction of sp³-hybridized carbons (Fsp3) is 0.538. The molecule has 1 rings (SSSR count). The van der Waals surface area contributed by atoms with Gasteiger partial charge in [0.15, 0.2) is 0 Å². The highest BCUT2D eigenvalue weighted by molar-refractivity contribution is 7.90. The van der Waals surface area contributed by atoms with E-state index >= 15 is 0 Å². The Balaban J connectivity index is 2.84. The van der Waals surface area contributed by atoms with E-state index in [4.69, 9.17) is 0 Å². The van der Waals surface area contributed by atoms with Gasteiger partial charge in [0, 0.05) is 16.9 Å². The summed E-state index contributed by atoms with van der Waals surface area (Å²) >= 11 is -1.20. The first-order valence-electron chi connectivity index (χ1n) is 5.66. The van der Waals surface area contributed by atoms with Gasteiger partial charge < -0.3 is 4.55 Å². The average Bonchev–Trinajstić information content (AvgIpc) is 2.20. The van der Waals surface area contributed by atoms with Crippen LogP contribution >= 0.6 is 0 Å². The Hall–Kier alpha value is -0.580. The van der Waals surface area contributed by atoms with Crippen LogP contribution in [0.15, 0.2) is 18.2 Å². The maximum absolute atomic E-state index is 13.9. The number of nitrogens with one attached hydrogen (secondary N) is 1. The molecule has 0 aliphatic rings. The molecule has 0 aliphatic heterocycles. The van der Waals surface area contributed by atoms with E-state index in [0.29, 0.717) is 11.1 Å². The summed E-state index contributed by atoms with van der Waals surface area (Å²) in [6, 6.07) is 4.99. The highest BCUT2D eigenvalue weighted by Gasteiger charge is 2.29. The second-order valence-corrected chi connectivity index (χ2v) is 7.20. The van der Waals surface area contributed by atoms with Gasteiger partial charge in [0.2, 0.25) is 0 Å². The van der Waals surface area contributed by atoms with E-state index in [9.17, 15) is 8.94 Å². The fourth-order valence-corrected chi connectivity index (χ4v) is 2.21. The predicted octanol–water partition coefficient (Wildman–Crippen LogP) is 3.25. The second-order valence-electron chi connectivity index (χ2n) is 5.20. The molecule has 0 amide bonds. The van der Waals surface area contributed by atoms with E-state index in [1.807, 2.05) is 33.8 Å². The van der Waals surface area contributed by atoms with Gasteiger partial charge in [0.25, 0.3) is 0 Å². The van der Waals surface area contributed by atoms with Gasteiger partial charge in [0.1, 0.15) is 10.6 Å². The highest BCUT2D eigenvalue weighted by Crippen LogP contribution is 2.22. The van der Waals surface area contributed by atoms with Crippen molar-refractivity contribution >= 4 is 11.4 Å². The van der Waals surface area contributed by atoms with E-state index < -0.39 is 11.4 Å². The van der Waals surface area contributed by atoms with Crippen LogP contribution < -0.4 is 4.72 Å². The molecule has 0 heterocycles. The monoisotopic (exact) mass is 257 g/mol. The number of halogens is 1. The molecule has 1 aromatic carbocycles. The summed E-state index contributed by atoms with van der Waals surface area (Å²) in [5.74, 6) is -0.224. The first-order valence-corrected chi connectivity index (χ1v) is 6.81. The zero-order chi connectivity index (χ0) is 13.2. The van der Waals surface area contributed by atoms with Gasteiger partial charge in [-0.1, -0.05) is 18.2 Å². The molecule has 0 aliphatic carbocycles. The Morgan fingerprint density at radius 2 is 1.94 bits per heavy atom. The van der Waals surface area contributed by atoms with Crippen molar-refractivity contribution in [1.82, 2.24) is 4.72 Å². The lowest BCUT2D eigenvalue weighted by molar-refractivity contribution is 0.521. The van der Waals surface area contributed by atoms with E-state index in [1.54, 1.807) is 19.1 Å². The Bertz CT molecular complexity index is 389. The standard InChI is InChI=1S/C13H20FNOS/c1-9-7-6-8-11(12(9)14)10(2)15-17(16)13(3,4)5/h6-8,10,15H,1-5H3/t10-,17?/m1/s1. The summed E-state index contributed by atoms with van der Waals surface area (Å²) in [4.78, 5) is 0. The lowest BCUT2D eigenvalue weighted by Gasteiger charge is -2.26. The largest absolute Gasteiger partial charge is 0.598 e. The molecule has 2 atom stereocenters. The van der Waals surface area contributed by atoms with Crippen molar-refractivity contribution in [3.63, 3.8) is 0 Å². The van der Waals surface area contributed by atoms with E-state index in [1.165, 1.54) is 0 Å². The summed E-state index contributed by atoms with van der Waals surface area (Å²) in [7, 11) is 0. The number of aryl methyl sites for hydroxylation is 1. The fourth-order valence-electron chi connectivity index (χ4n) is 1.41. The summed E-state index contributed by atoms with van der Waals surface area (Å²) < 4.78 is 28.4. The number of rotatable bonds is 3. The molecule has 0 spiro atoms. The number of hydrogen-bond acceptors (Lipinski definition) is 2. The van der Waals surface area contributed by atoms with Crippen LogP contribution in [0, 0.1) is 12.7 Å². The van der Waals surface area contributed by atoms with Gasteiger partial charge in [-0.15, -0.1) is 4.72 Å². The summed E-state index contributed by atoms with van der Waals surface area (Å²) in [6.45, 7) is 9.20. The van der Waals surface area contributed by atoms with Crippen LogP contribution in [0.5, 0.6) is 0 Å². The normalized spacial score (nSPS) is 15.7. The minimum Gasteiger partial charge on any atom is -0.598 e. The zero-order valence-electron chi connectivity index (χ0n) is 11.0. The van der Waals surface area contributed by atoms with Crippen LogP contribution in [0.2, 0.25) is 0 Å². The lowest BCUT2D eigenvalue weighted by atomic mass is 10.1. The molecule has 0 saturated heterocycles. The molecule has 0 aromatic heterocycles. The quantitative estimate of drug-likeness (QED) is 0.844. The van der Waals surface area contributed by atoms with Gasteiger partial charge in [-0.05, 0) is 40.2 Å². The molecule has 2 nitrogen and oxygen atoms in total. The van der Waals surface area contributed by atoms with Crippen LogP contribution in [-0.2, 0) is 11.4 Å². The van der Waals surface area contributed by atoms with Gasteiger partial charge in [-0.2, -0.15) is 0 Å². The van der Waals surface area contributed by atoms with Crippen molar-refractivity contribution in [3.05, 3.63) is 35.1 Å². The van der Waals surface area contributed by atoms with Crippen molar-refractivity contribution in [2.24, 2.45) is 0 Å². The van der Waals surface area contributed by atoms with Gasteiger partial charge in [0.05, 0.1) is 6.04 Å². The SMILES string of the molecule is Cc1cccc([C@@H](C)N[S+]([O-])C(C)(C)C)c1F. The molecular formula is C13H20FNOS. The molecule has 1 unspecified atom stereocenters. The van der Waals surface area contributed by atoms with Crippen molar-refractivity contribution in [2.75, 3.05) is 0 Å². The second kappa shape index (κ2) is 5.38. The molecule has 96 valence electrons. The molecule has 1 aromatic rings. The zero-order valence-corrected chi connectivity index (χ0v) is 11.8. The Kier molecular flexibility index (Phi) is 4.58. The third kappa shape index (κ3) is 3.69.